The van der Waals surface area contributed by atoms with Crippen LogP contribution in [0.25, 0.3) is 0 Å². The zero-order valence-corrected chi connectivity index (χ0v) is 17.4. The maximum atomic E-state index is 12.3. The highest BCUT2D eigenvalue weighted by atomic mass is 32.2. The number of hydrogen-bond donors (Lipinski definition) is 0. The molecule has 0 aromatic carbocycles. The van der Waals surface area contributed by atoms with Crippen molar-refractivity contribution in [3.8, 4) is 0 Å². The van der Waals surface area contributed by atoms with Crippen LogP contribution in [-0.4, -0.2) is 27.3 Å². The van der Waals surface area contributed by atoms with Crippen molar-refractivity contribution < 1.29 is 14.0 Å². The van der Waals surface area contributed by atoms with Gasteiger partial charge in [-0.15, -0.1) is 0 Å². The van der Waals surface area contributed by atoms with E-state index in [9.17, 15) is 9.59 Å². The van der Waals surface area contributed by atoms with Gasteiger partial charge in [0.1, 0.15) is 6.26 Å². The minimum Gasteiger partial charge on any atom is -0.439 e. The maximum absolute atomic E-state index is 12.3. The first-order chi connectivity index (χ1) is 13.1. The lowest BCUT2D eigenvalue weighted by atomic mass is 10.2. The van der Waals surface area contributed by atoms with Gasteiger partial charge in [-0.2, -0.15) is 0 Å². The highest BCUT2D eigenvalue weighted by Crippen LogP contribution is 2.14. The van der Waals surface area contributed by atoms with E-state index in [1.54, 1.807) is 0 Å². The molecule has 0 atom stereocenters. The first-order valence-corrected chi connectivity index (χ1v) is 10.6. The van der Waals surface area contributed by atoms with Gasteiger partial charge in [0.2, 0.25) is 0 Å². The second-order valence-corrected chi connectivity index (χ2v) is 7.07. The SMILES string of the molecule is CCC/C=C/Cn1cco/c(=N\OC(=O)N(CC)SCCCCCC)c1=O. The molecule has 0 aliphatic heterocycles. The number of amides is 1. The van der Waals surface area contributed by atoms with Crippen molar-refractivity contribution in [1.29, 1.82) is 0 Å². The lowest BCUT2D eigenvalue weighted by Gasteiger charge is -2.16. The monoisotopic (exact) mass is 397 g/mol. The van der Waals surface area contributed by atoms with Crippen LogP contribution in [-0.2, 0) is 11.4 Å². The van der Waals surface area contributed by atoms with Gasteiger partial charge in [-0.3, -0.25) is 9.63 Å². The zero-order valence-electron chi connectivity index (χ0n) is 16.6. The lowest BCUT2D eigenvalue weighted by molar-refractivity contribution is 0.122. The van der Waals surface area contributed by atoms with Crippen molar-refractivity contribution in [3.05, 3.63) is 40.5 Å². The van der Waals surface area contributed by atoms with Crippen LogP contribution >= 0.6 is 11.9 Å². The van der Waals surface area contributed by atoms with Gasteiger partial charge in [0, 0.05) is 25.0 Å². The van der Waals surface area contributed by atoms with Gasteiger partial charge in [0.15, 0.2) is 0 Å². The molecule has 7 nitrogen and oxygen atoms in total. The molecule has 27 heavy (non-hydrogen) atoms. The van der Waals surface area contributed by atoms with E-state index in [1.807, 2.05) is 19.1 Å². The second-order valence-electron chi connectivity index (χ2n) is 5.96. The molecule has 0 bridgehead atoms. The van der Waals surface area contributed by atoms with Crippen LogP contribution in [0.3, 0.4) is 0 Å². The Bertz CT molecular complexity index is 697. The molecule has 152 valence electrons. The summed E-state index contributed by atoms with van der Waals surface area (Å²) in [6, 6.07) is 0. The van der Waals surface area contributed by atoms with Crippen LogP contribution in [0.4, 0.5) is 4.79 Å². The van der Waals surface area contributed by atoms with Crippen LogP contribution < -0.4 is 11.1 Å². The van der Waals surface area contributed by atoms with E-state index in [0.717, 1.165) is 31.4 Å². The minimum absolute atomic E-state index is 0.251. The first kappa shape index (κ1) is 23.1. The molecular weight excluding hydrogens is 366 g/mol. The highest BCUT2D eigenvalue weighted by Gasteiger charge is 2.14. The Hall–Kier alpha value is -1.96. The third-order valence-electron chi connectivity index (χ3n) is 3.73. The third kappa shape index (κ3) is 8.99. The Labute approximate surface area is 165 Å². The normalized spacial score (nSPS) is 11.9. The smallest absolute Gasteiger partial charge is 0.439 e. The molecule has 1 aromatic rings. The largest absolute Gasteiger partial charge is 0.446 e. The van der Waals surface area contributed by atoms with E-state index >= 15 is 0 Å². The van der Waals surface area contributed by atoms with Crippen molar-refractivity contribution in [3.63, 3.8) is 0 Å². The molecule has 0 radical (unpaired) electrons. The van der Waals surface area contributed by atoms with E-state index < -0.39 is 11.7 Å². The predicted molar refractivity (Wildman–Crippen MR) is 108 cm³/mol. The average Bonchev–Trinajstić information content (AvgIpc) is 2.68. The molecule has 1 heterocycles. The summed E-state index contributed by atoms with van der Waals surface area (Å²) in [5.74, 6) is 0.843. The van der Waals surface area contributed by atoms with Crippen LogP contribution in [0.2, 0.25) is 0 Å². The van der Waals surface area contributed by atoms with Gasteiger partial charge in [-0.1, -0.05) is 51.7 Å². The van der Waals surface area contributed by atoms with Gasteiger partial charge in [0.25, 0.3) is 0 Å². The number of carbonyl (C=O) groups is 1. The lowest BCUT2D eigenvalue weighted by Crippen LogP contribution is -2.34. The van der Waals surface area contributed by atoms with Crippen LogP contribution in [0, 0.1) is 0 Å². The summed E-state index contributed by atoms with van der Waals surface area (Å²) in [6.45, 7) is 7.02. The Balaban J connectivity index is 2.66. The average molecular weight is 398 g/mol. The zero-order chi connectivity index (χ0) is 19.9. The van der Waals surface area contributed by atoms with Gasteiger partial charge in [-0.05, 0) is 36.9 Å². The molecule has 0 aliphatic carbocycles. The van der Waals surface area contributed by atoms with Gasteiger partial charge < -0.3 is 8.98 Å². The molecule has 1 aromatic heterocycles. The van der Waals surface area contributed by atoms with E-state index in [2.05, 4.69) is 19.0 Å². The number of rotatable bonds is 12. The maximum Gasteiger partial charge on any atom is 0.446 e. The van der Waals surface area contributed by atoms with Crippen molar-refractivity contribution >= 4 is 18.0 Å². The van der Waals surface area contributed by atoms with E-state index in [1.165, 1.54) is 46.1 Å². The van der Waals surface area contributed by atoms with Crippen molar-refractivity contribution in [2.75, 3.05) is 12.3 Å². The number of carbonyl (C=O) groups excluding carboxylic acids is 1. The van der Waals surface area contributed by atoms with Gasteiger partial charge in [0.05, 0.1) is 0 Å². The molecule has 8 heteroatoms. The number of aromatic nitrogens is 1. The molecule has 1 rings (SSSR count). The fraction of sp³-hybridized carbons (Fsp3) is 0.632. The van der Waals surface area contributed by atoms with Crippen molar-refractivity contribution in [2.24, 2.45) is 5.16 Å². The van der Waals surface area contributed by atoms with E-state index in [0.29, 0.717) is 13.1 Å². The van der Waals surface area contributed by atoms with Gasteiger partial charge >= 0.3 is 17.2 Å². The molecule has 0 saturated heterocycles. The van der Waals surface area contributed by atoms with E-state index in [-0.39, 0.29) is 5.55 Å². The summed E-state index contributed by atoms with van der Waals surface area (Å²) in [5.41, 5.74) is -0.694. The number of nitrogens with zero attached hydrogens (tertiary/aromatic N) is 3. The fourth-order valence-corrected chi connectivity index (χ4v) is 3.06. The van der Waals surface area contributed by atoms with Crippen LogP contribution in [0.5, 0.6) is 0 Å². The standard InChI is InChI=1S/C19H31N3O4S/c1-4-7-9-11-13-21-14-15-25-17(18(21)23)20-26-19(24)22(6-3)27-16-12-10-8-5-2/h9,11,14-15H,4-8,10,12-13,16H2,1-3H3/b11-9+,20-17-. The summed E-state index contributed by atoms with van der Waals surface area (Å²) in [6.07, 6.45) is 12.8. The van der Waals surface area contributed by atoms with E-state index in [4.69, 9.17) is 9.25 Å². The van der Waals surface area contributed by atoms with Crippen LogP contribution in [0.15, 0.2) is 39.0 Å². The molecule has 0 spiro atoms. The van der Waals surface area contributed by atoms with Gasteiger partial charge in [-0.25, -0.2) is 9.10 Å². The third-order valence-corrected chi connectivity index (χ3v) is 4.92. The summed E-state index contributed by atoms with van der Waals surface area (Å²) < 4.78 is 8.03. The molecular formula is C19H31N3O4S. The molecule has 0 N–H and O–H groups in total. The summed E-state index contributed by atoms with van der Waals surface area (Å²) in [4.78, 5) is 29.3. The fourth-order valence-electron chi connectivity index (χ4n) is 2.19. The van der Waals surface area contributed by atoms with Crippen LogP contribution in [0.1, 0.15) is 59.3 Å². The Kier molecular flexibility index (Phi) is 12.1. The molecule has 1 amide bonds. The Morgan fingerprint density at radius 2 is 2.07 bits per heavy atom. The molecule has 0 saturated carbocycles. The highest BCUT2D eigenvalue weighted by molar-refractivity contribution is 7.97. The second kappa shape index (κ2) is 14.1. The topological polar surface area (TPSA) is 77.0 Å². The Morgan fingerprint density at radius 1 is 1.26 bits per heavy atom. The summed E-state index contributed by atoms with van der Waals surface area (Å²) in [5, 5.41) is 3.61. The molecule has 0 fully saturated rings. The van der Waals surface area contributed by atoms with Crippen molar-refractivity contribution in [2.45, 2.75) is 65.8 Å². The number of hydrogen-bond acceptors (Lipinski definition) is 6. The Morgan fingerprint density at radius 3 is 2.78 bits per heavy atom. The summed E-state index contributed by atoms with van der Waals surface area (Å²) in [7, 11) is 0. The quantitative estimate of drug-likeness (QED) is 0.173. The molecule has 0 unspecified atom stereocenters. The number of unbranched alkanes of at least 4 members (excludes halogenated alkanes) is 4. The number of allylic oxidation sites excluding steroid dienone is 2. The molecule has 0 aliphatic rings. The predicted octanol–water partition coefficient (Wildman–Crippen LogP) is 4.30. The van der Waals surface area contributed by atoms with Crippen molar-refractivity contribution in [1.82, 2.24) is 8.87 Å². The minimum atomic E-state index is -0.606. The first-order valence-electron chi connectivity index (χ1n) is 9.62. The summed E-state index contributed by atoms with van der Waals surface area (Å²) >= 11 is 1.41.